The quantitative estimate of drug-likeness (QED) is 0.510. The van der Waals surface area contributed by atoms with Crippen LogP contribution in [0, 0.1) is 5.82 Å². The summed E-state index contributed by atoms with van der Waals surface area (Å²) < 4.78 is 21.2. The highest BCUT2D eigenvalue weighted by Crippen LogP contribution is 2.28. The first-order valence-corrected chi connectivity index (χ1v) is 11.8. The predicted molar refractivity (Wildman–Crippen MR) is 92.2 cm³/mol. The zero-order valence-corrected chi connectivity index (χ0v) is 16.1. The smallest absolute Gasteiger partial charge is 0.163 e. The maximum Gasteiger partial charge on any atom is 0.163 e. The van der Waals surface area contributed by atoms with E-state index in [1.54, 1.807) is 10.6 Å². The summed E-state index contributed by atoms with van der Waals surface area (Å²) in [7, 11) is -1.13. The van der Waals surface area contributed by atoms with Gasteiger partial charge in [-0.15, -0.1) is 0 Å². The molecule has 2 aromatic rings. The lowest BCUT2D eigenvalue weighted by molar-refractivity contribution is 0.0868. The fourth-order valence-corrected chi connectivity index (χ4v) is 3.06. The zero-order valence-electron chi connectivity index (χ0n) is 12.7. The molecule has 4 nitrogen and oxygen atoms in total. The number of halogens is 3. The molecule has 0 bridgehead atoms. The number of imidazole rings is 1. The Morgan fingerprint density at radius 2 is 2.09 bits per heavy atom. The van der Waals surface area contributed by atoms with Gasteiger partial charge in [-0.3, -0.25) is 4.57 Å². The van der Waals surface area contributed by atoms with Crippen LogP contribution in [0.25, 0.3) is 11.5 Å². The lowest BCUT2D eigenvalue weighted by Crippen LogP contribution is -2.22. The van der Waals surface area contributed by atoms with Crippen molar-refractivity contribution >= 4 is 35.6 Å². The van der Waals surface area contributed by atoms with Gasteiger partial charge in [-0.25, -0.2) is 14.4 Å². The molecule has 8 heteroatoms. The third-order valence-corrected chi connectivity index (χ3v) is 6.04. The molecule has 2 aromatic heterocycles. The van der Waals surface area contributed by atoms with Gasteiger partial charge in [0, 0.05) is 14.7 Å². The topological polar surface area (TPSA) is 39.9 Å². The van der Waals surface area contributed by atoms with Crippen LogP contribution >= 0.6 is 27.5 Å². The van der Waals surface area contributed by atoms with E-state index in [1.807, 2.05) is 0 Å². The molecule has 0 amide bonds. The molecule has 120 valence electrons. The average Bonchev–Trinajstić information content (AvgIpc) is 2.71. The number of rotatable bonds is 6. The van der Waals surface area contributed by atoms with Gasteiger partial charge in [0.15, 0.2) is 11.0 Å². The summed E-state index contributed by atoms with van der Waals surface area (Å²) >= 11 is 9.47. The second-order valence-electron chi connectivity index (χ2n) is 6.15. The second-order valence-corrected chi connectivity index (χ2v) is 12.9. The molecule has 22 heavy (non-hydrogen) atoms. The maximum absolute atomic E-state index is 13.0. The van der Waals surface area contributed by atoms with Crippen LogP contribution in [-0.2, 0) is 11.5 Å². The van der Waals surface area contributed by atoms with Crippen molar-refractivity contribution in [2.45, 2.75) is 32.4 Å². The molecule has 0 atom stereocenters. The van der Waals surface area contributed by atoms with Crippen molar-refractivity contribution in [3.8, 4) is 11.5 Å². The molecule has 0 aliphatic rings. The van der Waals surface area contributed by atoms with E-state index in [4.69, 9.17) is 16.3 Å². The van der Waals surface area contributed by atoms with E-state index in [0.29, 0.717) is 34.6 Å². The van der Waals surface area contributed by atoms with Gasteiger partial charge in [0.2, 0.25) is 0 Å². The highest BCUT2D eigenvalue weighted by atomic mass is 79.9. The van der Waals surface area contributed by atoms with Crippen molar-refractivity contribution in [2.75, 3.05) is 6.61 Å². The van der Waals surface area contributed by atoms with Crippen molar-refractivity contribution in [1.29, 1.82) is 0 Å². The summed E-state index contributed by atoms with van der Waals surface area (Å²) in [6.45, 7) is 7.91. The Morgan fingerprint density at radius 3 is 2.68 bits per heavy atom. The molecule has 0 saturated heterocycles. The Balaban J connectivity index is 2.15. The van der Waals surface area contributed by atoms with Gasteiger partial charge in [0.25, 0.3) is 0 Å². The average molecular weight is 407 g/mol. The van der Waals surface area contributed by atoms with Gasteiger partial charge in [-0.2, -0.15) is 0 Å². The molecule has 2 rings (SSSR count). The third kappa shape index (κ3) is 4.61. The number of hydrogen-bond acceptors (Lipinski definition) is 3. The fourth-order valence-electron chi connectivity index (χ4n) is 1.76. The first kappa shape index (κ1) is 17.6. The number of hydrogen-bond donors (Lipinski definition) is 0. The van der Waals surface area contributed by atoms with Crippen molar-refractivity contribution < 1.29 is 9.13 Å². The molecular weight excluding hydrogens is 389 g/mol. The molecule has 0 fully saturated rings. The predicted octanol–water partition coefficient (Wildman–Crippen LogP) is 4.81. The van der Waals surface area contributed by atoms with Gasteiger partial charge in [0.1, 0.15) is 22.8 Å². The van der Waals surface area contributed by atoms with E-state index in [0.717, 1.165) is 12.2 Å². The van der Waals surface area contributed by atoms with Crippen LogP contribution < -0.4 is 0 Å². The summed E-state index contributed by atoms with van der Waals surface area (Å²) in [4.78, 5) is 8.31. The number of pyridine rings is 1. The van der Waals surface area contributed by atoms with Crippen molar-refractivity contribution in [3.63, 3.8) is 0 Å². The van der Waals surface area contributed by atoms with Crippen molar-refractivity contribution in [2.24, 2.45) is 0 Å². The van der Waals surface area contributed by atoms with E-state index in [1.165, 1.54) is 6.07 Å². The highest BCUT2D eigenvalue weighted by molar-refractivity contribution is 9.10. The lowest BCUT2D eigenvalue weighted by Gasteiger charge is -2.16. The summed E-state index contributed by atoms with van der Waals surface area (Å²) in [6, 6.07) is 3.99. The fraction of sp³-hybridized carbons (Fsp3) is 0.429. The van der Waals surface area contributed by atoms with Gasteiger partial charge < -0.3 is 4.74 Å². The molecule has 0 aliphatic heterocycles. The first-order valence-electron chi connectivity index (χ1n) is 6.89. The van der Waals surface area contributed by atoms with Gasteiger partial charge in [0.05, 0.1) is 6.20 Å². The molecule has 0 unspecified atom stereocenters. The van der Waals surface area contributed by atoms with Crippen LogP contribution in [0.5, 0.6) is 0 Å². The third-order valence-electron chi connectivity index (χ3n) is 3.04. The standard InChI is InChI=1S/C14H18BrClFN3OSi/c1-22(2,3)7-6-21-9-20-12(15)13(16)19-14(20)11-5-4-10(17)8-18-11/h4-5,8H,6-7,9H2,1-3H3. The molecule has 0 aliphatic carbocycles. The van der Waals surface area contributed by atoms with E-state index < -0.39 is 13.9 Å². The van der Waals surface area contributed by atoms with E-state index in [-0.39, 0.29) is 0 Å². The normalized spacial score (nSPS) is 11.9. The van der Waals surface area contributed by atoms with Crippen LogP contribution in [0.2, 0.25) is 30.8 Å². The summed E-state index contributed by atoms with van der Waals surface area (Å²) in [6.07, 6.45) is 1.15. The molecule has 0 spiro atoms. The van der Waals surface area contributed by atoms with Gasteiger partial charge >= 0.3 is 0 Å². The molecule has 2 heterocycles. The van der Waals surface area contributed by atoms with Crippen molar-refractivity contribution in [1.82, 2.24) is 14.5 Å². The lowest BCUT2D eigenvalue weighted by atomic mass is 10.3. The maximum atomic E-state index is 13.0. The number of ether oxygens (including phenoxy) is 1. The Morgan fingerprint density at radius 1 is 1.36 bits per heavy atom. The summed E-state index contributed by atoms with van der Waals surface area (Å²) in [5.74, 6) is 0.156. The van der Waals surface area contributed by atoms with Gasteiger partial charge in [-0.05, 0) is 34.1 Å². The summed E-state index contributed by atoms with van der Waals surface area (Å²) in [5, 5.41) is 0.329. The minimum atomic E-state index is -1.13. The number of nitrogens with zero attached hydrogens (tertiary/aromatic N) is 3. The first-order chi connectivity index (χ1) is 10.3. The summed E-state index contributed by atoms with van der Waals surface area (Å²) in [5.41, 5.74) is 0.544. The highest BCUT2D eigenvalue weighted by Gasteiger charge is 2.17. The molecule has 0 N–H and O–H groups in total. The Kier molecular flexibility index (Phi) is 5.76. The molecule has 0 saturated carbocycles. The Hall–Kier alpha value is -0.763. The van der Waals surface area contributed by atoms with E-state index in [2.05, 4.69) is 45.5 Å². The monoisotopic (exact) mass is 405 g/mol. The van der Waals surface area contributed by atoms with Crippen LogP contribution in [0.1, 0.15) is 0 Å². The van der Waals surface area contributed by atoms with Gasteiger partial charge in [-0.1, -0.05) is 31.2 Å². The minimum Gasteiger partial charge on any atom is -0.361 e. The van der Waals surface area contributed by atoms with Crippen LogP contribution in [0.15, 0.2) is 22.9 Å². The molecular formula is C14H18BrClFN3OSi. The Bertz CT molecular complexity index is 643. The zero-order chi connectivity index (χ0) is 16.3. The van der Waals surface area contributed by atoms with Crippen LogP contribution in [-0.4, -0.2) is 29.2 Å². The van der Waals surface area contributed by atoms with E-state index in [9.17, 15) is 4.39 Å². The van der Waals surface area contributed by atoms with E-state index >= 15 is 0 Å². The van der Waals surface area contributed by atoms with Crippen molar-refractivity contribution in [3.05, 3.63) is 33.9 Å². The van der Waals surface area contributed by atoms with Crippen LogP contribution in [0.3, 0.4) is 0 Å². The Labute approximate surface area is 143 Å². The second kappa shape index (κ2) is 7.21. The number of aromatic nitrogens is 3. The SMILES string of the molecule is C[Si](C)(C)CCOCn1c(-c2ccc(F)cn2)nc(Cl)c1Br. The molecule has 0 radical (unpaired) electrons. The minimum absolute atomic E-state index is 0.319. The van der Waals surface area contributed by atoms with Crippen LogP contribution in [0.4, 0.5) is 4.39 Å². The largest absolute Gasteiger partial charge is 0.361 e. The molecule has 0 aromatic carbocycles.